The summed E-state index contributed by atoms with van der Waals surface area (Å²) in [5.74, 6) is -1.31. The van der Waals surface area contributed by atoms with Crippen molar-refractivity contribution in [2.45, 2.75) is 44.2 Å². The standard InChI is InChI=1S/C15H18F3N3O2/c16-15(17,18)14-20-19-12(23-14)10-6-8-21(9-7-10)13(22)11-4-2-1-3-5-11/h1-2,10-11H,3-9H2/t11-/m1/s1. The predicted octanol–water partition coefficient (Wildman–Crippen LogP) is 3.15. The molecule has 1 fully saturated rings. The van der Waals surface area contributed by atoms with E-state index >= 15 is 0 Å². The quantitative estimate of drug-likeness (QED) is 0.782. The van der Waals surface area contributed by atoms with Gasteiger partial charge in [-0.25, -0.2) is 0 Å². The van der Waals surface area contributed by atoms with Crippen molar-refractivity contribution in [1.29, 1.82) is 0 Å². The summed E-state index contributed by atoms with van der Waals surface area (Å²) in [7, 11) is 0. The summed E-state index contributed by atoms with van der Waals surface area (Å²) < 4.78 is 42.2. The van der Waals surface area contributed by atoms with Crippen LogP contribution in [0.2, 0.25) is 0 Å². The molecule has 2 heterocycles. The summed E-state index contributed by atoms with van der Waals surface area (Å²) >= 11 is 0. The van der Waals surface area contributed by atoms with Gasteiger partial charge in [0.2, 0.25) is 11.8 Å². The number of allylic oxidation sites excluding steroid dienone is 2. The van der Waals surface area contributed by atoms with Crippen LogP contribution in [-0.4, -0.2) is 34.1 Å². The number of carbonyl (C=O) groups is 1. The highest BCUT2D eigenvalue weighted by Gasteiger charge is 2.39. The summed E-state index contributed by atoms with van der Waals surface area (Å²) in [5, 5.41) is 6.58. The fourth-order valence-corrected chi connectivity index (χ4v) is 3.14. The highest BCUT2D eigenvalue weighted by Crippen LogP contribution is 2.33. The van der Waals surface area contributed by atoms with Gasteiger partial charge in [0.1, 0.15) is 0 Å². The molecular weight excluding hydrogens is 311 g/mol. The fourth-order valence-electron chi connectivity index (χ4n) is 3.14. The van der Waals surface area contributed by atoms with E-state index in [0.717, 1.165) is 19.3 Å². The molecule has 1 aromatic rings. The minimum absolute atomic E-state index is 0.0185. The zero-order valence-corrected chi connectivity index (χ0v) is 12.6. The third-order valence-corrected chi connectivity index (χ3v) is 4.46. The summed E-state index contributed by atoms with van der Waals surface area (Å²) in [6, 6.07) is 0. The molecule has 5 nitrogen and oxygen atoms in total. The number of halogens is 3. The van der Waals surface area contributed by atoms with Crippen molar-refractivity contribution < 1.29 is 22.4 Å². The van der Waals surface area contributed by atoms with Gasteiger partial charge in [-0.3, -0.25) is 4.79 Å². The Kier molecular flexibility index (Phi) is 4.41. The van der Waals surface area contributed by atoms with Crippen molar-refractivity contribution >= 4 is 5.91 Å². The van der Waals surface area contributed by atoms with Crippen molar-refractivity contribution in [3.63, 3.8) is 0 Å². The van der Waals surface area contributed by atoms with Gasteiger partial charge in [0.15, 0.2) is 0 Å². The maximum Gasteiger partial charge on any atom is 0.470 e. The van der Waals surface area contributed by atoms with E-state index in [1.54, 1.807) is 4.90 Å². The maximum absolute atomic E-state index is 12.5. The largest absolute Gasteiger partial charge is 0.470 e. The molecular formula is C15H18F3N3O2. The number of piperidine rings is 1. The fraction of sp³-hybridized carbons (Fsp3) is 0.667. The number of likely N-dealkylation sites (tertiary alicyclic amines) is 1. The van der Waals surface area contributed by atoms with Gasteiger partial charge in [-0.05, 0) is 32.1 Å². The van der Waals surface area contributed by atoms with E-state index in [2.05, 4.69) is 16.3 Å². The Balaban J connectivity index is 1.57. The van der Waals surface area contributed by atoms with Crippen LogP contribution in [0, 0.1) is 5.92 Å². The van der Waals surface area contributed by atoms with E-state index in [-0.39, 0.29) is 23.6 Å². The number of aromatic nitrogens is 2. The molecule has 0 radical (unpaired) electrons. The van der Waals surface area contributed by atoms with Gasteiger partial charge in [0, 0.05) is 24.9 Å². The maximum atomic E-state index is 12.5. The molecule has 23 heavy (non-hydrogen) atoms. The average molecular weight is 329 g/mol. The van der Waals surface area contributed by atoms with E-state index in [1.807, 2.05) is 6.08 Å². The lowest BCUT2D eigenvalue weighted by atomic mass is 9.91. The van der Waals surface area contributed by atoms with Gasteiger partial charge in [-0.1, -0.05) is 12.2 Å². The molecule has 0 aromatic carbocycles. The van der Waals surface area contributed by atoms with Crippen molar-refractivity contribution in [3.05, 3.63) is 23.9 Å². The van der Waals surface area contributed by atoms with Crippen molar-refractivity contribution in [2.75, 3.05) is 13.1 Å². The second-order valence-electron chi connectivity index (χ2n) is 6.02. The lowest BCUT2D eigenvalue weighted by Crippen LogP contribution is -2.41. The monoisotopic (exact) mass is 329 g/mol. The molecule has 0 bridgehead atoms. The van der Waals surface area contributed by atoms with Crippen LogP contribution in [0.1, 0.15) is 49.8 Å². The molecule has 0 saturated carbocycles. The lowest BCUT2D eigenvalue weighted by Gasteiger charge is -2.33. The van der Waals surface area contributed by atoms with Crippen LogP contribution in [0.15, 0.2) is 16.6 Å². The van der Waals surface area contributed by atoms with Crippen LogP contribution in [0.3, 0.4) is 0 Å². The molecule has 3 rings (SSSR count). The summed E-state index contributed by atoms with van der Waals surface area (Å²) in [4.78, 5) is 14.2. The van der Waals surface area contributed by atoms with E-state index in [9.17, 15) is 18.0 Å². The van der Waals surface area contributed by atoms with Crippen LogP contribution in [0.5, 0.6) is 0 Å². The van der Waals surface area contributed by atoms with Crippen molar-refractivity contribution in [1.82, 2.24) is 15.1 Å². The van der Waals surface area contributed by atoms with Crippen LogP contribution in [0.4, 0.5) is 13.2 Å². The first-order valence-electron chi connectivity index (χ1n) is 7.79. The van der Waals surface area contributed by atoms with Gasteiger partial charge in [0.25, 0.3) is 0 Å². The first-order chi connectivity index (χ1) is 10.9. The molecule has 0 N–H and O–H groups in total. The number of rotatable bonds is 2. The summed E-state index contributed by atoms with van der Waals surface area (Å²) in [6.07, 6.45) is 3.18. The number of hydrogen-bond donors (Lipinski definition) is 0. The smallest absolute Gasteiger partial charge is 0.417 e. The molecule has 1 atom stereocenters. The first kappa shape index (κ1) is 16.0. The SMILES string of the molecule is O=C([C@@H]1CC=CCC1)N1CCC(c2nnc(C(F)(F)F)o2)CC1. The summed E-state index contributed by atoms with van der Waals surface area (Å²) in [6.45, 7) is 1.04. The van der Waals surface area contributed by atoms with E-state index < -0.39 is 12.1 Å². The highest BCUT2D eigenvalue weighted by atomic mass is 19.4. The van der Waals surface area contributed by atoms with Crippen molar-refractivity contribution in [2.24, 2.45) is 5.92 Å². The van der Waals surface area contributed by atoms with Gasteiger partial charge >= 0.3 is 12.1 Å². The number of hydrogen-bond acceptors (Lipinski definition) is 4. The summed E-state index contributed by atoms with van der Waals surface area (Å²) in [5.41, 5.74) is 0. The van der Waals surface area contributed by atoms with Crippen LogP contribution in [0.25, 0.3) is 0 Å². The minimum atomic E-state index is -4.61. The second kappa shape index (κ2) is 6.33. The van der Waals surface area contributed by atoms with E-state index in [4.69, 9.17) is 4.42 Å². The third kappa shape index (κ3) is 3.56. The zero-order chi connectivity index (χ0) is 16.4. The predicted molar refractivity (Wildman–Crippen MR) is 74.3 cm³/mol. The lowest BCUT2D eigenvalue weighted by molar-refractivity contribution is -0.157. The zero-order valence-electron chi connectivity index (χ0n) is 12.6. The topological polar surface area (TPSA) is 59.2 Å². The molecule has 0 unspecified atom stereocenters. The Morgan fingerprint density at radius 2 is 1.91 bits per heavy atom. The number of nitrogens with zero attached hydrogens (tertiary/aromatic N) is 3. The van der Waals surface area contributed by atoms with Crippen LogP contribution >= 0.6 is 0 Å². The molecule has 0 spiro atoms. The van der Waals surface area contributed by atoms with Gasteiger partial charge in [-0.15, -0.1) is 10.2 Å². The molecule has 1 aliphatic carbocycles. The first-order valence-corrected chi connectivity index (χ1v) is 7.79. The molecule has 1 amide bonds. The normalized spacial score (nSPS) is 23.3. The Morgan fingerprint density at radius 3 is 2.48 bits per heavy atom. The van der Waals surface area contributed by atoms with E-state index in [1.165, 1.54) is 0 Å². The Labute approximate surface area is 131 Å². The molecule has 1 aliphatic heterocycles. The van der Waals surface area contributed by atoms with Gasteiger partial charge in [-0.2, -0.15) is 13.2 Å². The Hall–Kier alpha value is -1.86. The average Bonchev–Trinajstić information content (AvgIpc) is 3.05. The van der Waals surface area contributed by atoms with E-state index in [0.29, 0.717) is 25.9 Å². The molecule has 2 aliphatic rings. The highest BCUT2D eigenvalue weighted by molar-refractivity contribution is 5.79. The number of carbonyl (C=O) groups excluding carboxylic acids is 1. The number of amides is 1. The van der Waals surface area contributed by atoms with Crippen molar-refractivity contribution in [3.8, 4) is 0 Å². The Bertz CT molecular complexity index is 589. The number of alkyl halides is 3. The van der Waals surface area contributed by atoms with Gasteiger partial charge in [0.05, 0.1) is 0 Å². The molecule has 126 valence electrons. The molecule has 1 saturated heterocycles. The van der Waals surface area contributed by atoms with Gasteiger partial charge < -0.3 is 9.32 Å². The third-order valence-electron chi connectivity index (χ3n) is 4.46. The Morgan fingerprint density at radius 1 is 1.17 bits per heavy atom. The van der Waals surface area contributed by atoms with Crippen LogP contribution in [-0.2, 0) is 11.0 Å². The molecule has 8 heteroatoms. The second-order valence-corrected chi connectivity index (χ2v) is 6.02. The van der Waals surface area contributed by atoms with Crippen LogP contribution < -0.4 is 0 Å². The molecule has 1 aromatic heterocycles. The minimum Gasteiger partial charge on any atom is -0.417 e.